The Morgan fingerprint density at radius 3 is 2.11 bits per heavy atom. The van der Waals surface area contributed by atoms with Gasteiger partial charge in [0.25, 0.3) is 11.8 Å². The van der Waals surface area contributed by atoms with E-state index in [0.717, 1.165) is 17.7 Å². The van der Waals surface area contributed by atoms with E-state index in [-0.39, 0.29) is 11.8 Å². The van der Waals surface area contributed by atoms with Crippen molar-refractivity contribution in [2.45, 2.75) is 20.3 Å². The smallest absolute Gasteiger partial charge is 0.253 e. The van der Waals surface area contributed by atoms with Crippen molar-refractivity contribution in [2.75, 3.05) is 32.8 Å². The van der Waals surface area contributed by atoms with Crippen molar-refractivity contribution < 1.29 is 14.3 Å². The van der Waals surface area contributed by atoms with Gasteiger partial charge in [0.1, 0.15) is 5.75 Å². The van der Waals surface area contributed by atoms with Crippen molar-refractivity contribution >= 4 is 11.8 Å². The molecular formula is C22H26N2O3. The number of rotatable bonds is 4. The zero-order valence-corrected chi connectivity index (χ0v) is 16.0. The Morgan fingerprint density at radius 2 is 1.52 bits per heavy atom. The fourth-order valence-electron chi connectivity index (χ4n) is 3.33. The molecule has 0 N–H and O–H groups in total. The summed E-state index contributed by atoms with van der Waals surface area (Å²) < 4.78 is 5.43. The summed E-state index contributed by atoms with van der Waals surface area (Å²) in [6, 6.07) is 14.9. The molecule has 1 heterocycles. The summed E-state index contributed by atoms with van der Waals surface area (Å²) in [4.78, 5) is 29.2. The summed E-state index contributed by atoms with van der Waals surface area (Å²) in [5.74, 6) is 0.803. The third-order valence-electron chi connectivity index (χ3n) is 4.75. The first-order valence-corrected chi connectivity index (χ1v) is 9.46. The molecule has 2 amide bonds. The normalized spacial score (nSPS) is 14.6. The van der Waals surface area contributed by atoms with Gasteiger partial charge in [0.05, 0.1) is 6.61 Å². The van der Waals surface area contributed by atoms with Crippen molar-refractivity contribution in [3.8, 4) is 5.75 Å². The van der Waals surface area contributed by atoms with E-state index in [4.69, 9.17) is 4.74 Å². The van der Waals surface area contributed by atoms with Gasteiger partial charge in [-0.05, 0) is 56.7 Å². The van der Waals surface area contributed by atoms with Crippen LogP contribution in [-0.2, 0) is 0 Å². The van der Waals surface area contributed by atoms with Crippen molar-refractivity contribution in [3.63, 3.8) is 0 Å². The predicted molar refractivity (Wildman–Crippen MR) is 105 cm³/mol. The quantitative estimate of drug-likeness (QED) is 0.833. The third kappa shape index (κ3) is 4.67. The Labute approximate surface area is 160 Å². The number of carbonyl (C=O) groups is 2. The van der Waals surface area contributed by atoms with E-state index in [1.54, 1.807) is 12.1 Å². The standard InChI is InChI=1S/C22H26N2O3/c1-3-27-20-10-8-18(9-11-20)21(25)23-12-5-13-24(15-14-23)22(26)19-7-4-6-17(2)16-19/h4,6-11,16H,3,5,12-15H2,1-2H3. The van der Waals surface area contributed by atoms with Gasteiger partial charge in [-0.2, -0.15) is 0 Å². The molecule has 5 nitrogen and oxygen atoms in total. The third-order valence-corrected chi connectivity index (χ3v) is 4.75. The molecule has 27 heavy (non-hydrogen) atoms. The minimum Gasteiger partial charge on any atom is -0.494 e. The Bertz CT molecular complexity index is 801. The first-order valence-electron chi connectivity index (χ1n) is 9.46. The summed E-state index contributed by atoms with van der Waals surface area (Å²) >= 11 is 0. The van der Waals surface area contributed by atoms with E-state index in [9.17, 15) is 9.59 Å². The zero-order valence-electron chi connectivity index (χ0n) is 16.0. The van der Waals surface area contributed by atoms with Gasteiger partial charge in [-0.1, -0.05) is 17.7 Å². The fourth-order valence-corrected chi connectivity index (χ4v) is 3.33. The van der Waals surface area contributed by atoms with Crippen LogP contribution in [0.4, 0.5) is 0 Å². The van der Waals surface area contributed by atoms with Crippen molar-refractivity contribution in [1.29, 1.82) is 0 Å². The highest BCUT2D eigenvalue weighted by atomic mass is 16.5. The van der Waals surface area contributed by atoms with Crippen LogP contribution in [0.5, 0.6) is 5.75 Å². The van der Waals surface area contributed by atoms with Crippen LogP contribution < -0.4 is 4.74 Å². The lowest BCUT2D eigenvalue weighted by molar-refractivity contribution is 0.0718. The lowest BCUT2D eigenvalue weighted by atomic mass is 10.1. The van der Waals surface area contributed by atoms with Crippen molar-refractivity contribution in [3.05, 3.63) is 65.2 Å². The van der Waals surface area contributed by atoms with Gasteiger partial charge in [0.15, 0.2) is 0 Å². The number of hydrogen-bond donors (Lipinski definition) is 0. The van der Waals surface area contributed by atoms with E-state index in [1.807, 2.05) is 60.0 Å². The van der Waals surface area contributed by atoms with E-state index >= 15 is 0 Å². The summed E-state index contributed by atoms with van der Waals surface area (Å²) in [6.07, 6.45) is 0.778. The molecule has 0 unspecified atom stereocenters. The first kappa shape index (κ1) is 19.0. The Morgan fingerprint density at radius 1 is 0.889 bits per heavy atom. The van der Waals surface area contributed by atoms with Crippen LogP contribution >= 0.6 is 0 Å². The molecule has 142 valence electrons. The maximum absolute atomic E-state index is 12.8. The lowest BCUT2D eigenvalue weighted by Crippen LogP contribution is -2.37. The highest BCUT2D eigenvalue weighted by Gasteiger charge is 2.23. The maximum Gasteiger partial charge on any atom is 0.253 e. The molecule has 0 saturated carbocycles. The molecule has 0 spiro atoms. The van der Waals surface area contributed by atoms with E-state index < -0.39 is 0 Å². The Balaban J connectivity index is 1.63. The van der Waals surface area contributed by atoms with Crippen molar-refractivity contribution in [2.24, 2.45) is 0 Å². The molecule has 1 saturated heterocycles. The topological polar surface area (TPSA) is 49.9 Å². The maximum atomic E-state index is 12.8. The largest absolute Gasteiger partial charge is 0.494 e. The highest BCUT2D eigenvalue weighted by molar-refractivity contribution is 5.95. The number of carbonyl (C=O) groups excluding carboxylic acids is 2. The number of nitrogens with zero attached hydrogens (tertiary/aromatic N) is 2. The zero-order chi connectivity index (χ0) is 19.2. The van der Waals surface area contributed by atoms with E-state index in [0.29, 0.717) is 43.9 Å². The van der Waals surface area contributed by atoms with Crippen LogP contribution in [0.3, 0.4) is 0 Å². The van der Waals surface area contributed by atoms with Crippen LogP contribution in [0.25, 0.3) is 0 Å². The minimum absolute atomic E-state index is 0.00269. The molecular weight excluding hydrogens is 340 g/mol. The van der Waals surface area contributed by atoms with Gasteiger partial charge in [0, 0.05) is 37.3 Å². The van der Waals surface area contributed by atoms with Crippen LogP contribution in [0.1, 0.15) is 39.6 Å². The average Bonchev–Trinajstić information content (AvgIpc) is 2.94. The summed E-state index contributed by atoms with van der Waals surface area (Å²) in [6.45, 7) is 6.93. The molecule has 3 rings (SSSR count). The molecule has 2 aromatic carbocycles. The SMILES string of the molecule is CCOc1ccc(C(=O)N2CCCN(C(=O)c3cccc(C)c3)CC2)cc1. The molecule has 1 fully saturated rings. The molecule has 2 aromatic rings. The van der Waals surface area contributed by atoms with Gasteiger partial charge in [-0.3, -0.25) is 9.59 Å². The average molecular weight is 366 g/mol. The molecule has 0 bridgehead atoms. The second kappa shape index (κ2) is 8.71. The Kier molecular flexibility index (Phi) is 6.12. The van der Waals surface area contributed by atoms with Gasteiger partial charge in [-0.25, -0.2) is 0 Å². The second-order valence-corrected chi connectivity index (χ2v) is 6.76. The van der Waals surface area contributed by atoms with Crippen LogP contribution in [0.15, 0.2) is 48.5 Å². The van der Waals surface area contributed by atoms with Gasteiger partial charge in [-0.15, -0.1) is 0 Å². The minimum atomic E-state index is 0.00269. The molecule has 0 atom stereocenters. The molecule has 0 radical (unpaired) electrons. The number of aryl methyl sites for hydroxylation is 1. The van der Waals surface area contributed by atoms with Crippen molar-refractivity contribution in [1.82, 2.24) is 9.80 Å². The van der Waals surface area contributed by atoms with Crippen LogP contribution in [-0.4, -0.2) is 54.4 Å². The van der Waals surface area contributed by atoms with E-state index in [1.165, 1.54) is 0 Å². The summed E-state index contributed by atoms with van der Waals surface area (Å²) in [5, 5.41) is 0. The molecule has 1 aliphatic rings. The number of ether oxygens (including phenoxy) is 1. The summed E-state index contributed by atoms with van der Waals surface area (Å²) in [7, 11) is 0. The predicted octanol–water partition coefficient (Wildman–Crippen LogP) is 3.38. The van der Waals surface area contributed by atoms with Crippen LogP contribution in [0, 0.1) is 6.92 Å². The number of amides is 2. The molecule has 5 heteroatoms. The monoisotopic (exact) mass is 366 g/mol. The number of hydrogen-bond acceptors (Lipinski definition) is 3. The Hall–Kier alpha value is -2.82. The second-order valence-electron chi connectivity index (χ2n) is 6.76. The van der Waals surface area contributed by atoms with E-state index in [2.05, 4.69) is 0 Å². The van der Waals surface area contributed by atoms with Gasteiger partial charge < -0.3 is 14.5 Å². The van der Waals surface area contributed by atoms with Gasteiger partial charge >= 0.3 is 0 Å². The van der Waals surface area contributed by atoms with Gasteiger partial charge in [0.2, 0.25) is 0 Å². The fraction of sp³-hybridized carbons (Fsp3) is 0.364. The number of benzene rings is 2. The molecule has 0 aromatic heterocycles. The molecule has 0 aliphatic carbocycles. The highest BCUT2D eigenvalue weighted by Crippen LogP contribution is 2.16. The summed E-state index contributed by atoms with van der Waals surface area (Å²) in [5.41, 5.74) is 2.43. The van der Waals surface area contributed by atoms with Crippen LogP contribution in [0.2, 0.25) is 0 Å². The lowest BCUT2D eigenvalue weighted by Gasteiger charge is -2.22. The molecule has 1 aliphatic heterocycles. The first-order chi connectivity index (χ1) is 13.1.